The van der Waals surface area contributed by atoms with Gasteiger partial charge in [0.05, 0.1) is 0 Å². The second kappa shape index (κ2) is 6.70. The maximum absolute atomic E-state index is 12.6. The van der Waals surface area contributed by atoms with Gasteiger partial charge in [0, 0.05) is 12.1 Å². The second-order valence-corrected chi connectivity index (χ2v) is 4.80. The van der Waals surface area contributed by atoms with Crippen LogP contribution < -0.4 is 0 Å². The van der Waals surface area contributed by atoms with E-state index in [0.29, 0.717) is 5.56 Å². The first-order valence-corrected chi connectivity index (χ1v) is 6.72. The first kappa shape index (κ1) is 14.8. The van der Waals surface area contributed by atoms with E-state index in [1.54, 1.807) is 24.3 Å². The highest BCUT2D eigenvalue weighted by atomic mass is 16.4. The van der Waals surface area contributed by atoms with Gasteiger partial charge in [-0.05, 0) is 24.6 Å². The van der Waals surface area contributed by atoms with Crippen LogP contribution in [0, 0.1) is 0 Å². The minimum atomic E-state index is -1.02. The molecular formula is C17H17NO3. The Labute approximate surface area is 123 Å². The third-order valence-electron chi connectivity index (χ3n) is 3.30. The summed E-state index contributed by atoms with van der Waals surface area (Å²) in [5.74, 6) is -1.30. The fourth-order valence-electron chi connectivity index (χ4n) is 2.04. The van der Waals surface area contributed by atoms with Crippen LogP contribution in [0.2, 0.25) is 0 Å². The van der Waals surface area contributed by atoms with Gasteiger partial charge in [0.1, 0.15) is 6.04 Å². The normalized spacial score (nSPS) is 11.7. The monoisotopic (exact) mass is 283 g/mol. The van der Waals surface area contributed by atoms with Gasteiger partial charge in [0.2, 0.25) is 0 Å². The summed E-state index contributed by atoms with van der Waals surface area (Å²) in [4.78, 5) is 25.2. The lowest BCUT2D eigenvalue weighted by atomic mass is 10.1. The van der Waals surface area contributed by atoms with Crippen molar-refractivity contribution in [2.75, 3.05) is 0 Å². The Morgan fingerprint density at radius 3 is 2.05 bits per heavy atom. The summed E-state index contributed by atoms with van der Waals surface area (Å²) in [6.45, 7) is 1.79. The maximum Gasteiger partial charge on any atom is 0.326 e. The van der Waals surface area contributed by atoms with Crippen molar-refractivity contribution >= 4 is 11.9 Å². The predicted octanol–water partition coefficient (Wildman–Crippen LogP) is 2.80. The fraction of sp³-hybridized carbons (Fsp3) is 0.176. The largest absolute Gasteiger partial charge is 0.480 e. The standard InChI is InChI=1S/C17H17NO3/c1-13(17(20)21)18(12-14-8-4-2-5-9-14)16(19)15-10-6-3-7-11-15/h2-11,13H,12H2,1H3,(H,20,21). The highest BCUT2D eigenvalue weighted by Gasteiger charge is 2.26. The summed E-state index contributed by atoms with van der Waals surface area (Å²) in [6.07, 6.45) is 0. The minimum Gasteiger partial charge on any atom is -0.480 e. The maximum atomic E-state index is 12.6. The Hall–Kier alpha value is -2.62. The van der Waals surface area contributed by atoms with Crippen molar-refractivity contribution in [1.82, 2.24) is 4.90 Å². The number of amides is 1. The second-order valence-electron chi connectivity index (χ2n) is 4.80. The topological polar surface area (TPSA) is 57.6 Å². The van der Waals surface area contributed by atoms with E-state index in [4.69, 9.17) is 0 Å². The molecule has 1 atom stereocenters. The van der Waals surface area contributed by atoms with Gasteiger partial charge in [-0.1, -0.05) is 48.5 Å². The van der Waals surface area contributed by atoms with Crippen molar-refractivity contribution in [3.63, 3.8) is 0 Å². The van der Waals surface area contributed by atoms with E-state index < -0.39 is 12.0 Å². The van der Waals surface area contributed by atoms with Crippen LogP contribution in [0.3, 0.4) is 0 Å². The molecule has 0 fully saturated rings. The average molecular weight is 283 g/mol. The number of carbonyl (C=O) groups excluding carboxylic acids is 1. The molecule has 2 aromatic carbocycles. The Balaban J connectivity index is 2.28. The zero-order valence-corrected chi connectivity index (χ0v) is 11.8. The fourth-order valence-corrected chi connectivity index (χ4v) is 2.04. The summed E-state index contributed by atoms with van der Waals surface area (Å²) in [7, 11) is 0. The third-order valence-corrected chi connectivity index (χ3v) is 3.30. The predicted molar refractivity (Wildman–Crippen MR) is 79.9 cm³/mol. The Morgan fingerprint density at radius 2 is 1.52 bits per heavy atom. The first-order valence-electron chi connectivity index (χ1n) is 6.72. The number of rotatable bonds is 5. The Bertz CT molecular complexity index is 610. The molecule has 0 aliphatic heterocycles. The van der Waals surface area contributed by atoms with Crippen LogP contribution >= 0.6 is 0 Å². The van der Waals surface area contributed by atoms with E-state index >= 15 is 0 Å². The van der Waals surface area contributed by atoms with Crippen LogP contribution in [-0.2, 0) is 11.3 Å². The lowest BCUT2D eigenvalue weighted by molar-refractivity contribution is -0.141. The van der Waals surface area contributed by atoms with Gasteiger partial charge in [-0.15, -0.1) is 0 Å². The summed E-state index contributed by atoms with van der Waals surface area (Å²) >= 11 is 0. The molecule has 0 aliphatic rings. The van der Waals surface area contributed by atoms with E-state index in [1.165, 1.54) is 11.8 Å². The van der Waals surface area contributed by atoms with Crippen molar-refractivity contribution in [2.45, 2.75) is 19.5 Å². The summed E-state index contributed by atoms with van der Waals surface area (Å²) in [6, 6.07) is 17.2. The molecule has 1 unspecified atom stereocenters. The number of nitrogens with zero attached hydrogens (tertiary/aromatic N) is 1. The molecule has 0 heterocycles. The van der Waals surface area contributed by atoms with Gasteiger partial charge in [0.25, 0.3) is 5.91 Å². The smallest absolute Gasteiger partial charge is 0.326 e. The molecule has 0 radical (unpaired) electrons. The highest BCUT2D eigenvalue weighted by molar-refractivity contribution is 5.96. The van der Waals surface area contributed by atoms with Crippen molar-refractivity contribution < 1.29 is 14.7 Å². The molecule has 0 aromatic heterocycles. The first-order chi connectivity index (χ1) is 10.1. The highest BCUT2D eigenvalue weighted by Crippen LogP contribution is 2.13. The van der Waals surface area contributed by atoms with Gasteiger partial charge in [-0.25, -0.2) is 4.79 Å². The molecule has 4 nitrogen and oxygen atoms in total. The van der Waals surface area contributed by atoms with Gasteiger partial charge in [-0.2, -0.15) is 0 Å². The van der Waals surface area contributed by atoms with E-state index in [9.17, 15) is 14.7 Å². The van der Waals surface area contributed by atoms with Crippen molar-refractivity contribution in [2.24, 2.45) is 0 Å². The van der Waals surface area contributed by atoms with Crippen molar-refractivity contribution in [3.8, 4) is 0 Å². The Kier molecular flexibility index (Phi) is 4.72. The minimum absolute atomic E-state index is 0.266. The molecule has 108 valence electrons. The quantitative estimate of drug-likeness (QED) is 0.918. The van der Waals surface area contributed by atoms with Crippen LogP contribution in [0.5, 0.6) is 0 Å². The van der Waals surface area contributed by atoms with E-state index in [0.717, 1.165) is 5.56 Å². The number of aliphatic carboxylic acids is 1. The number of carboxylic acids is 1. The molecule has 4 heteroatoms. The number of carboxylic acid groups (broad SMARTS) is 1. The molecule has 1 amide bonds. The molecular weight excluding hydrogens is 266 g/mol. The molecule has 21 heavy (non-hydrogen) atoms. The summed E-state index contributed by atoms with van der Waals surface area (Å²) < 4.78 is 0. The van der Waals surface area contributed by atoms with Crippen LogP contribution in [0.25, 0.3) is 0 Å². The molecule has 2 aromatic rings. The molecule has 0 saturated carbocycles. The molecule has 2 rings (SSSR count). The molecule has 0 aliphatic carbocycles. The zero-order valence-electron chi connectivity index (χ0n) is 11.8. The average Bonchev–Trinajstić information content (AvgIpc) is 2.53. The van der Waals surface area contributed by atoms with Crippen molar-refractivity contribution in [3.05, 3.63) is 71.8 Å². The van der Waals surface area contributed by atoms with Crippen LogP contribution in [-0.4, -0.2) is 27.9 Å². The number of hydrogen-bond acceptors (Lipinski definition) is 2. The van der Waals surface area contributed by atoms with E-state index in [1.807, 2.05) is 36.4 Å². The van der Waals surface area contributed by atoms with Gasteiger partial charge in [0.15, 0.2) is 0 Å². The molecule has 0 saturated heterocycles. The lowest BCUT2D eigenvalue weighted by Gasteiger charge is -2.26. The molecule has 0 spiro atoms. The third kappa shape index (κ3) is 3.69. The number of benzene rings is 2. The molecule has 0 bridgehead atoms. The van der Waals surface area contributed by atoms with Crippen LogP contribution in [0.1, 0.15) is 22.8 Å². The lowest BCUT2D eigenvalue weighted by Crippen LogP contribution is -2.42. The Morgan fingerprint density at radius 1 is 1.00 bits per heavy atom. The van der Waals surface area contributed by atoms with E-state index in [2.05, 4.69) is 0 Å². The van der Waals surface area contributed by atoms with Crippen molar-refractivity contribution in [1.29, 1.82) is 0 Å². The summed E-state index contributed by atoms with van der Waals surface area (Å²) in [5.41, 5.74) is 1.39. The van der Waals surface area contributed by atoms with Gasteiger partial charge >= 0.3 is 5.97 Å². The van der Waals surface area contributed by atoms with Crippen LogP contribution in [0.4, 0.5) is 0 Å². The zero-order chi connectivity index (χ0) is 15.2. The summed E-state index contributed by atoms with van der Waals surface area (Å²) in [5, 5.41) is 9.23. The SMILES string of the molecule is CC(C(=O)O)N(Cc1ccccc1)C(=O)c1ccccc1. The van der Waals surface area contributed by atoms with Gasteiger partial charge in [-0.3, -0.25) is 4.79 Å². The number of carbonyl (C=O) groups is 2. The molecule has 1 N–H and O–H groups in total. The van der Waals surface area contributed by atoms with Gasteiger partial charge < -0.3 is 10.0 Å². The van der Waals surface area contributed by atoms with Crippen LogP contribution in [0.15, 0.2) is 60.7 Å². The number of hydrogen-bond donors (Lipinski definition) is 1. The van der Waals surface area contributed by atoms with E-state index in [-0.39, 0.29) is 12.5 Å².